The topological polar surface area (TPSA) is 40.1 Å². The van der Waals surface area contributed by atoms with Gasteiger partial charge in [0.25, 0.3) is 0 Å². The van der Waals surface area contributed by atoms with Crippen molar-refractivity contribution < 1.29 is 4.74 Å². The molecular formula is C20H30N4O. The second-order valence-corrected chi connectivity index (χ2v) is 6.99. The minimum Gasteiger partial charge on any atom is -0.489 e. The molecule has 2 aliphatic heterocycles. The van der Waals surface area contributed by atoms with Gasteiger partial charge >= 0.3 is 0 Å². The zero-order chi connectivity index (χ0) is 17.6. The lowest BCUT2D eigenvalue weighted by molar-refractivity contribution is 0.221. The zero-order valence-corrected chi connectivity index (χ0v) is 15.6. The van der Waals surface area contributed by atoms with E-state index in [1.54, 1.807) is 0 Å². The van der Waals surface area contributed by atoms with E-state index < -0.39 is 0 Å². The van der Waals surface area contributed by atoms with Crippen LogP contribution in [0.25, 0.3) is 0 Å². The summed E-state index contributed by atoms with van der Waals surface area (Å²) < 4.78 is 6.00. The van der Waals surface area contributed by atoms with Gasteiger partial charge in [0.2, 0.25) is 0 Å². The highest BCUT2D eigenvalue weighted by Gasteiger charge is 2.29. The van der Waals surface area contributed by atoms with Crippen LogP contribution in [-0.2, 0) is 0 Å². The highest BCUT2D eigenvalue weighted by atomic mass is 16.5. The monoisotopic (exact) mass is 342 g/mol. The van der Waals surface area contributed by atoms with Crippen LogP contribution in [0.4, 0.5) is 0 Å². The molecular weight excluding hydrogens is 312 g/mol. The van der Waals surface area contributed by atoms with E-state index in [1.807, 2.05) is 19.2 Å². The maximum absolute atomic E-state index is 6.00. The van der Waals surface area contributed by atoms with Crippen molar-refractivity contribution in [1.82, 2.24) is 15.1 Å². The molecule has 2 atom stereocenters. The zero-order valence-electron chi connectivity index (χ0n) is 15.6. The van der Waals surface area contributed by atoms with Crippen molar-refractivity contribution in [3.63, 3.8) is 0 Å². The number of aryl methyl sites for hydroxylation is 1. The van der Waals surface area contributed by atoms with Gasteiger partial charge in [-0.15, -0.1) is 0 Å². The third kappa shape index (κ3) is 4.75. The molecule has 25 heavy (non-hydrogen) atoms. The number of hydrogen-bond donors (Lipinski definition) is 1. The smallest absolute Gasteiger partial charge is 0.193 e. The van der Waals surface area contributed by atoms with Crippen LogP contribution in [0.5, 0.6) is 5.75 Å². The number of nitrogens with zero attached hydrogens (tertiary/aromatic N) is 3. The molecule has 1 aromatic rings. The maximum Gasteiger partial charge on any atom is 0.193 e. The molecule has 1 saturated heterocycles. The molecule has 2 unspecified atom stereocenters. The Morgan fingerprint density at radius 2 is 2.16 bits per heavy atom. The van der Waals surface area contributed by atoms with Crippen LogP contribution in [0.3, 0.4) is 0 Å². The molecule has 136 valence electrons. The molecule has 5 nitrogen and oxygen atoms in total. The summed E-state index contributed by atoms with van der Waals surface area (Å²) in [6.45, 7) is 9.20. The van der Waals surface area contributed by atoms with Gasteiger partial charge in [-0.2, -0.15) is 0 Å². The van der Waals surface area contributed by atoms with Gasteiger partial charge in [0.05, 0.1) is 6.54 Å². The lowest BCUT2D eigenvalue weighted by Crippen LogP contribution is -2.45. The first-order valence-corrected chi connectivity index (χ1v) is 9.23. The predicted molar refractivity (Wildman–Crippen MR) is 103 cm³/mol. The Labute approximate surface area is 151 Å². The normalized spacial score (nSPS) is 22.4. The molecule has 0 amide bonds. The van der Waals surface area contributed by atoms with Gasteiger partial charge in [0, 0.05) is 39.3 Å². The summed E-state index contributed by atoms with van der Waals surface area (Å²) in [7, 11) is 1.86. The van der Waals surface area contributed by atoms with Crippen molar-refractivity contribution >= 4 is 5.96 Å². The van der Waals surface area contributed by atoms with E-state index >= 15 is 0 Å². The minimum absolute atomic E-state index is 0.0831. The molecule has 3 rings (SSSR count). The Balaban J connectivity index is 1.46. The highest BCUT2D eigenvalue weighted by molar-refractivity contribution is 5.80. The number of likely N-dealkylation sites (tertiary alicyclic amines) is 1. The fraction of sp³-hybridized carbons (Fsp3) is 0.550. The molecule has 0 bridgehead atoms. The number of hydrogen-bond acceptors (Lipinski definition) is 3. The summed E-state index contributed by atoms with van der Waals surface area (Å²) >= 11 is 0. The standard InChI is InChI=1S/C20H30N4O/c1-16-7-6-8-19(13-16)25-17(2)14-22-20(21-3)24-12-9-18(15-24)23-10-4-5-11-23/h4-8,13,17-18H,9-12,14-15H2,1-3H3,(H,21,22). The van der Waals surface area contributed by atoms with Crippen LogP contribution >= 0.6 is 0 Å². The van der Waals surface area contributed by atoms with E-state index in [-0.39, 0.29) is 6.10 Å². The van der Waals surface area contributed by atoms with Crippen molar-refractivity contribution in [1.29, 1.82) is 0 Å². The Bertz CT molecular complexity index is 620. The van der Waals surface area contributed by atoms with Crippen molar-refractivity contribution in [3.8, 4) is 5.75 Å². The Hall–Kier alpha value is -2.01. The average Bonchev–Trinajstić information content (AvgIpc) is 3.27. The summed E-state index contributed by atoms with van der Waals surface area (Å²) in [6, 6.07) is 8.82. The molecule has 5 heteroatoms. The first-order valence-electron chi connectivity index (χ1n) is 9.23. The van der Waals surface area contributed by atoms with Gasteiger partial charge < -0.3 is 15.0 Å². The van der Waals surface area contributed by atoms with Crippen LogP contribution in [0.15, 0.2) is 41.4 Å². The molecule has 1 N–H and O–H groups in total. The number of rotatable bonds is 5. The van der Waals surface area contributed by atoms with Gasteiger partial charge in [0.1, 0.15) is 11.9 Å². The number of guanidine groups is 1. The van der Waals surface area contributed by atoms with Crippen molar-refractivity contribution in [2.24, 2.45) is 4.99 Å². The minimum atomic E-state index is 0.0831. The molecule has 0 spiro atoms. The number of ether oxygens (including phenoxy) is 1. The van der Waals surface area contributed by atoms with Crippen LogP contribution in [0, 0.1) is 6.92 Å². The Kier molecular flexibility index (Phi) is 5.97. The van der Waals surface area contributed by atoms with Crippen LogP contribution in [0.2, 0.25) is 0 Å². The first kappa shape index (κ1) is 17.8. The quantitative estimate of drug-likeness (QED) is 0.506. The summed E-state index contributed by atoms with van der Waals surface area (Å²) in [5, 5.41) is 3.47. The van der Waals surface area contributed by atoms with E-state index in [1.165, 1.54) is 12.0 Å². The van der Waals surface area contributed by atoms with E-state index in [9.17, 15) is 0 Å². The maximum atomic E-state index is 6.00. The SMILES string of the molecule is CN=C(NCC(C)Oc1cccc(C)c1)N1CCC(N2CC=CC2)C1. The van der Waals surface area contributed by atoms with Crippen molar-refractivity contribution in [2.75, 3.05) is 39.8 Å². The highest BCUT2D eigenvalue weighted by Crippen LogP contribution is 2.18. The second kappa shape index (κ2) is 8.39. The lowest BCUT2D eigenvalue weighted by Gasteiger charge is -2.26. The average molecular weight is 342 g/mol. The predicted octanol–water partition coefficient (Wildman–Crippen LogP) is 2.28. The van der Waals surface area contributed by atoms with E-state index in [0.29, 0.717) is 6.04 Å². The third-order valence-corrected chi connectivity index (χ3v) is 4.91. The summed E-state index contributed by atoms with van der Waals surface area (Å²) in [6.07, 6.45) is 5.82. The number of nitrogens with one attached hydrogen (secondary N) is 1. The number of benzene rings is 1. The van der Waals surface area contributed by atoms with Gasteiger partial charge in [-0.25, -0.2) is 0 Å². The van der Waals surface area contributed by atoms with Crippen LogP contribution in [0.1, 0.15) is 18.9 Å². The molecule has 0 saturated carbocycles. The fourth-order valence-electron chi connectivity index (χ4n) is 3.55. The van der Waals surface area contributed by atoms with E-state index in [2.05, 4.69) is 58.2 Å². The number of aliphatic imine (C=N–C) groups is 1. The largest absolute Gasteiger partial charge is 0.489 e. The fourth-order valence-corrected chi connectivity index (χ4v) is 3.55. The molecule has 2 heterocycles. The molecule has 1 fully saturated rings. The van der Waals surface area contributed by atoms with E-state index in [0.717, 1.165) is 44.4 Å². The third-order valence-electron chi connectivity index (χ3n) is 4.91. The van der Waals surface area contributed by atoms with Gasteiger partial charge in [0.15, 0.2) is 5.96 Å². The van der Waals surface area contributed by atoms with Gasteiger partial charge in [-0.05, 0) is 38.0 Å². The lowest BCUT2D eigenvalue weighted by atomic mass is 10.2. The Morgan fingerprint density at radius 3 is 2.88 bits per heavy atom. The second-order valence-electron chi connectivity index (χ2n) is 6.99. The molecule has 2 aliphatic rings. The van der Waals surface area contributed by atoms with Crippen LogP contribution < -0.4 is 10.1 Å². The molecule has 0 radical (unpaired) electrons. The molecule has 0 aliphatic carbocycles. The van der Waals surface area contributed by atoms with E-state index in [4.69, 9.17) is 4.74 Å². The first-order chi connectivity index (χ1) is 12.2. The summed E-state index contributed by atoms with van der Waals surface area (Å²) in [5.74, 6) is 1.90. The van der Waals surface area contributed by atoms with Gasteiger partial charge in [-0.3, -0.25) is 9.89 Å². The molecule has 1 aromatic carbocycles. The van der Waals surface area contributed by atoms with Crippen LogP contribution in [-0.4, -0.2) is 67.7 Å². The molecule has 0 aromatic heterocycles. The Morgan fingerprint density at radius 1 is 1.36 bits per heavy atom. The summed E-state index contributed by atoms with van der Waals surface area (Å²) in [5.41, 5.74) is 1.22. The van der Waals surface area contributed by atoms with Crippen molar-refractivity contribution in [3.05, 3.63) is 42.0 Å². The summed E-state index contributed by atoms with van der Waals surface area (Å²) in [4.78, 5) is 9.37. The van der Waals surface area contributed by atoms with Crippen molar-refractivity contribution in [2.45, 2.75) is 32.4 Å². The van der Waals surface area contributed by atoms with Gasteiger partial charge in [-0.1, -0.05) is 24.3 Å².